The van der Waals surface area contributed by atoms with Crippen LogP contribution in [-0.4, -0.2) is 20.5 Å². The summed E-state index contributed by atoms with van der Waals surface area (Å²) >= 11 is 0. The molecule has 1 amide bonds. The van der Waals surface area contributed by atoms with Gasteiger partial charge in [0.25, 0.3) is 0 Å². The Morgan fingerprint density at radius 2 is 1.93 bits per heavy atom. The standard InChI is InChI=1S/C21H16FN5O/c22-15-7-3-1-5-13(15)17-11-20(27-19(24-17)9-10-23-27)25-18-12-21(28)26-16-8-4-2-6-14(16)18/h1-11,18,25H,12H2,(H,26,28). The fourth-order valence-corrected chi connectivity index (χ4v) is 3.54. The molecule has 7 heteroatoms. The van der Waals surface area contributed by atoms with E-state index in [1.165, 1.54) is 6.07 Å². The maximum absolute atomic E-state index is 14.3. The van der Waals surface area contributed by atoms with Gasteiger partial charge < -0.3 is 10.6 Å². The molecule has 5 rings (SSSR count). The molecule has 0 bridgehead atoms. The summed E-state index contributed by atoms with van der Waals surface area (Å²) in [5.74, 6) is 0.242. The first-order valence-electron chi connectivity index (χ1n) is 8.94. The monoisotopic (exact) mass is 373 g/mol. The highest BCUT2D eigenvalue weighted by Gasteiger charge is 2.25. The average Bonchev–Trinajstić information content (AvgIpc) is 3.17. The van der Waals surface area contributed by atoms with Gasteiger partial charge >= 0.3 is 0 Å². The van der Waals surface area contributed by atoms with Crippen LogP contribution in [0.15, 0.2) is 66.9 Å². The number of benzene rings is 2. The summed E-state index contributed by atoms with van der Waals surface area (Å²) < 4.78 is 16.0. The highest BCUT2D eigenvalue weighted by Crippen LogP contribution is 2.34. The second-order valence-corrected chi connectivity index (χ2v) is 6.64. The number of carbonyl (C=O) groups is 1. The lowest BCUT2D eigenvalue weighted by Crippen LogP contribution is -2.27. The number of nitrogens with zero attached hydrogens (tertiary/aromatic N) is 3. The maximum Gasteiger partial charge on any atom is 0.226 e. The minimum Gasteiger partial charge on any atom is -0.362 e. The Morgan fingerprint density at radius 3 is 2.82 bits per heavy atom. The Kier molecular flexibility index (Phi) is 3.79. The van der Waals surface area contributed by atoms with Crippen LogP contribution < -0.4 is 10.6 Å². The first kappa shape index (κ1) is 16.4. The van der Waals surface area contributed by atoms with Gasteiger partial charge in [-0.15, -0.1) is 0 Å². The third-order valence-corrected chi connectivity index (χ3v) is 4.83. The van der Waals surface area contributed by atoms with Gasteiger partial charge in [0.15, 0.2) is 5.65 Å². The van der Waals surface area contributed by atoms with E-state index in [-0.39, 0.29) is 24.2 Å². The molecule has 2 aromatic carbocycles. The molecule has 0 fully saturated rings. The summed E-state index contributed by atoms with van der Waals surface area (Å²) in [5.41, 5.74) is 3.29. The number of para-hydroxylation sites is 1. The van der Waals surface area contributed by atoms with E-state index in [2.05, 4.69) is 20.7 Å². The topological polar surface area (TPSA) is 71.3 Å². The molecule has 6 nitrogen and oxygen atoms in total. The van der Waals surface area contributed by atoms with E-state index in [1.807, 2.05) is 24.3 Å². The van der Waals surface area contributed by atoms with Crippen molar-refractivity contribution in [2.75, 3.05) is 10.6 Å². The zero-order chi connectivity index (χ0) is 19.1. The van der Waals surface area contributed by atoms with Gasteiger partial charge in [-0.3, -0.25) is 4.79 Å². The number of rotatable bonds is 3. The van der Waals surface area contributed by atoms with Gasteiger partial charge in [-0.1, -0.05) is 30.3 Å². The Morgan fingerprint density at radius 1 is 1.11 bits per heavy atom. The molecule has 1 unspecified atom stereocenters. The number of hydrogen-bond acceptors (Lipinski definition) is 4. The number of hydrogen-bond donors (Lipinski definition) is 2. The molecule has 0 aliphatic carbocycles. The zero-order valence-corrected chi connectivity index (χ0v) is 14.8. The van der Waals surface area contributed by atoms with E-state index in [1.54, 1.807) is 41.0 Å². The molecular formula is C21H16FN5O. The Balaban J connectivity index is 1.61. The second-order valence-electron chi connectivity index (χ2n) is 6.64. The van der Waals surface area contributed by atoms with Crippen LogP contribution in [0.2, 0.25) is 0 Å². The molecule has 0 saturated carbocycles. The molecule has 4 aromatic rings. The van der Waals surface area contributed by atoms with Gasteiger partial charge in [-0.25, -0.2) is 9.37 Å². The van der Waals surface area contributed by atoms with Crippen LogP contribution in [0, 0.1) is 5.82 Å². The molecule has 2 N–H and O–H groups in total. The SMILES string of the molecule is O=C1CC(Nc2cc(-c3ccccc3F)nc3ccnn23)c2ccccc2N1. The lowest BCUT2D eigenvalue weighted by Gasteiger charge is -2.27. The van der Waals surface area contributed by atoms with Crippen molar-refractivity contribution in [2.45, 2.75) is 12.5 Å². The van der Waals surface area contributed by atoms with E-state index >= 15 is 0 Å². The van der Waals surface area contributed by atoms with Crippen LogP contribution in [0.5, 0.6) is 0 Å². The zero-order valence-electron chi connectivity index (χ0n) is 14.8. The lowest BCUT2D eigenvalue weighted by molar-refractivity contribution is -0.116. The Hall–Kier alpha value is -3.74. The molecule has 0 radical (unpaired) electrons. The van der Waals surface area contributed by atoms with Crippen molar-refractivity contribution in [1.82, 2.24) is 14.6 Å². The van der Waals surface area contributed by atoms with Gasteiger partial charge in [0.05, 0.1) is 24.4 Å². The molecule has 138 valence electrons. The highest BCUT2D eigenvalue weighted by molar-refractivity contribution is 5.95. The van der Waals surface area contributed by atoms with Crippen LogP contribution in [0.4, 0.5) is 15.9 Å². The van der Waals surface area contributed by atoms with Crippen molar-refractivity contribution in [1.29, 1.82) is 0 Å². The van der Waals surface area contributed by atoms with Crippen molar-refractivity contribution in [3.05, 3.63) is 78.2 Å². The number of amides is 1. The normalized spacial score (nSPS) is 15.9. The van der Waals surface area contributed by atoms with E-state index in [4.69, 9.17) is 0 Å². The predicted molar refractivity (Wildman–Crippen MR) is 104 cm³/mol. The number of halogens is 1. The summed E-state index contributed by atoms with van der Waals surface area (Å²) in [5, 5.41) is 10.6. The highest BCUT2D eigenvalue weighted by atomic mass is 19.1. The van der Waals surface area contributed by atoms with Crippen molar-refractivity contribution < 1.29 is 9.18 Å². The number of nitrogens with one attached hydrogen (secondary N) is 2. The van der Waals surface area contributed by atoms with E-state index in [9.17, 15) is 9.18 Å². The summed E-state index contributed by atoms with van der Waals surface area (Å²) in [6, 6.07) is 17.5. The molecule has 0 saturated heterocycles. The van der Waals surface area contributed by atoms with Gasteiger partial charge in [-0.2, -0.15) is 9.61 Å². The van der Waals surface area contributed by atoms with Crippen molar-refractivity contribution in [3.63, 3.8) is 0 Å². The molecule has 28 heavy (non-hydrogen) atoms. The predicted octanol–water partition coefficient (Wildman–Crippen LogP) is 4.03. The summed E-state index contributed by atoms with van der Waals surface area (Å²) in [6.07, 6.45) is 1.93. The maximum atomic E-state index is 14.3. The molecular weight excluding hydrogens is 357 g/mol. The van der Waals surface area contributed by atoms with Crippen molar-refractivity contribution in [3.8, 4) is 11.3 Å². The minimum absolute atomic E-state index is 0.0590. The number of carbonyl (C=O) groups excluding carboxylic acids is 1. The molecule has 0 spiro atoms. The molecule has 1 atom stereocenters. The summed E-state index contributed by atoms with van der Waals surface area (Å²) in [7, 11) is 0. The third-order valence-electron chi connectivity index (χ3n) is 4.83. The second kappa shape index (κ2) is 6.45. The molecule has 1 aliphatic rings. The summed E-state index contributed by atoms with van der Waals surface area (Å²) in [4.78, 5) is 16.7. The van der Waals surface area contributed by atoms with E-state index < -0.39 is 0 Å². The van der Waals surface area contributed by atoms with Crippen LogP contribution in [-0.2, 0) is 4.79 Å². The van der Waals surface area contributed by atoms with Crippen LogP contribution in [0.25, 0.3) is 16.9 Å². The lowest BCUT2D eigenvalue weighted by atomic mass is 9.97. The van der Waals surface area contributed by atoms with E-state index in [0.29, 0.717) is 22.7 Å². The first-order valence-corrected chi connectivity index (χ1v) is 8.94. The van der Waals surface area contributed by atoms with Gasteiger partial charge in [-0.05, 0) is 23.8 Å². The van der Waals surface area contributed by atoms with Gasteiger partial charge in [0.1, 0.15) is 11.6 Å². The first-order chi connectivity index (χ1) is 13.7. The number of anilines is 2. The molecule has 1 aliphatic heterocycles. The third kappa shape index (κ3) is 2.77. The molecule has 2 aromatic heterocycles. The molecule has 3 heterocycles. The quantitative estimate of drug-likeness (QED) is 0.569. The number of aromatic nitrogens is 3. The minimum atomic E-state index is -0.341. The van der Waals surface area contributed by atoms with E-state index in [0.717, 1.165) is 11.3 Å². The fraction of sp³-hybridized carbons (Fsp3) is 0.0952. The average molecular weight is 373 g/mol. The Bertz CT molecular complexity index is 1200. The van der Waals surface area contributed by atoms with Crippen LogP contribution in [0.3, 0.4) is 0 Å². The smallest absolute Gasteiger partial charge is 0.226 e. The van der Waals surface area contributed by atoms with Gasteiger partial charge in [0.2, 0.25) is 5.91 Å². The fourth-order valence-electron chi connectivity index (χ4n) is 3.54. The largest absolute Gasteiger partial charge is 0.362 e. The van der Waals surface area contributed by atoms with Crippen molar-refractivity contribution in [2.24, 2.45) is 0 Å². The Labute approximate surface area is 160 Å². The van der Waals surface area contributed by atoms with Gasteiger partial charge in [0, 0.05) is 23.4 Å². The number of fused-ring (bicyclic) bond motifs is 2. The van der Waals surface area contributed by atoms with Crippen LogP contribution in [0.1, 0.15) is 18.0 Å². The van der Waals surface area contributed by atoms with Crippen molar-refractivity contribution >= 4 is 23.1 Å². The summed E-state index contributed by atoms with van der Waals surface area (Å²) in [6.45, 7) is 0. The van der Waals surface area contributed by atoms with Crippen LogP contribution >= 0.6 is 0 Å².